The van der Waals surface area contributed by atoms with Gasteiger partial charge in [0.25, 0.3) is 0 Å². The number of benzene rings is 1. The Morgan fingerprint density at radius 3 is 2.59 bits per heavy atom. The molecule has 1 unspecified atom stereocenters. The molecule has 5 nitrogen and oxygen atoms in total. The molecule has 1 amide bonds. The Morgan fingerprint density at radius 2 is 2.00 bits per heavy atom. The van der Waals surface area contributed by atoms with Crippen LogP contribution in [0.2, 0.25) is 0 Å². The number of nitrogens with zero attached hydrogens (tertiary/aromatic N) is 1. The van der Waals surface area contributed by atoms with Crippen LogP contribution in [-0.4, -0.2) is 50.4 Å². The van der Waals surface area contributed by atoms with E-state index in [0.29, 0.717) is 19.4 Å². The normalized spacial score (nSPS) is 20.0. The molecule has 1 saturated heterocycles. The van der Waals surface area contributed by atoms with Crippen molar-refractivity contribution in [2.75, 3.05) is 25.1 Å². The van der Waals surface area contributed by atoms with Crippen LogP contribution < -0.4 is 5.32 Å². The molecule has 1 fully saturated rings. The molecule has 6 heteroatoms. The molecule has 0 saturated carbocycles. The monoisotopic (exact) mass is 324 g/mol. The predicted molar refractivity (Wildman–Crippen MR) is 87.3 cm³/mol. The van der Waals surface area contributed by atoms with Crippen molar-refractivity contribution in [2.24, 2.45) is 0 Å². The standard InChI is InChI=1S/C16H24N2O3S/c1-13-3-5-14(6-4-13)11-17-9-7-16(19)18(2)15-8-10-22(20,21)12-15/h3-6,15,17H,7-12H2,1-2H3. The molecule has 0 aliphatic carbocycles. The maximum absolute atomic E-state index is 12.1. The minimum Gasteiger partial charge on any atom is -0.342 e. The van der Waals surface area contributed by atoms with Crippen molar-refractivity contribution in [3.8, 4) is 0 Å². The highest BCUT2D eigenvalue weighted by molar-refractivity contribution is 7.91. The molecule has 0 radical (unpaired) electrons. The summed E-state index contributed by atoms with van der Waals surface area (Å²) >= 11 is 0. The number of nitrogens with one attached hydrogen (secondary N) is 1. The number of sulfone groups is 1. The SMILES string of the molecule is Cc1ccc(CNCCC(=O)N(C)C2CCS(=O)(=O)C2)cc1. The molecule has 1 aromatic rings. The fourth-order valence-electron chi connectivity index (χ4n) is 2.59. The van der Waals surface area contributed by atoms with E-state index in [-0.39, 0.29) is 23.5 Å². The first-order chi connectivity index (χ1) is 10.4. The Morgan fingerprint density at radius 1 is 1.32 bits per heavy atom. The summed E-state index contributed by atoms with van der Waals surface area (Å²) in [6, 6.07) is 8.11. The van der Waals surface area contributed by atoms with Crippen molar-refractivity contribution in [1.82, 2.24) is 10.2 Å². The van der Waals surface area contributed by atoms with Crippen LogP contribution in [0.15, 0.2) is 24.3 Å². The summed E-state index contributed by atoms with van der Waals surface area (Å²) < 4.78 is 22.9. The van der Waals surface area contributed by atoms with Gasteiger partial charge in [0.05, 0.1) is 11.5 Å². The molecule has 0 aromatic heterocycles. The number of aryl methyl sites for hydroxylation is 1. The first-order valence-electron chi connectivity index (χ1n) is 7.60. The highest BCUT2D eigenvalue weighted by atomic mass is 32.2. The predicted octanol–water partition coefficient (Wildman–Crippen LogP) is 1.12. The van der Waals surface area contributed by atoms with Crippen LogP contribution in [-0.2, 0) is 21.2 Å². The lowest BCUT2D eigenvalue weighted by Crippen LogP contribution is -2.39. The van der Waals surface area contributed by atoms with Gasteiger partial charge in [0, 0.05) is 32.6 Å². The van der Waals surface area contributed by atoms with Gasteiger partial charge < -0.3 is 10.2 Å². The van der Waals surface area contributed by atoms with Crippen LogP contribution in [0.1, 0.15) is 24.0 Å². The van der Waals surface area contributed by atoms with E-state index in [0.717, 1.165) is 6.54 Å². The van der Waals surface area contributed by atoms with Crippen LogP contribution in [0.5, 0.6) is 0 Å². The molecule has 22 heavy (non-hydrogen) atoms. The number of hydrogen-bond acceptors (Lipinski definition) is 4. The van der Waals surface area contributed by atoms with Crippen LogP contribution >= 0.6 is 0 Å². The van der Waals surface area contributed by atoms with E-state index in [4.69, 9.17) is 0 Å². The summed E-state index contributed by atoms with van der Waals surface area (Å²) in [6.45, 7) is 3.38. The number of hydrogen-bond donors (Lipinski definition) is 1. The second-order valence-electron chi connectivity index (χ2n) is 5.97. The summed E-state index contributed by atoms with van der Waals surface area (Å²) in [4.78, 5) is 13.7. The third kappa shape index (κ3) is 4.81. The van der Waals surface area contributed by atoms with Crippen molar-refractivity contribution in [3.05, 3.63) is 35.4 Å². The molecule has 0 spiro atoms. The zero-order valence-corrected chi connectivity index (χ0v) is 14.0. The van der Waals surface area contributed by atoms with Gasteiger partial charge >= 0.3 is 0 Å². The van der Waals surface area contributed by atoms with Gasteiger partial charge in [-0.1, -0.05) is 29.8 Å². The van der Waals surface area contributed by atoms with Crippen LogP contribution in [0.4, 0.5) is 0 Å². The summed E-state index contributed by atoms with van der Waals surface area (Å²) in [5, 5.41) is 3.25. The first-order valence-corrected chi connectivity index (χ1v) is 9.42. The molecular formula is C16H24N2O3S. The molecule has 1 aromatic carbocycles. The maximum atomic E-state index is 12.1. The van der Waals surface area contributed by atoms with Crippen LogP contribution in [0, 0.1) is 6.92 Å². The number of carbonyl (C=O) groups excluding carboxylic acids is 1. The molecule has 0 bridgehead atoms. The van der Waals surface area contributed by atoms with Crippen molar-refractivity contribution >= 4 is 15.7 Å². The van der Waals surface area contributed by atoms with Crippen molar-refractivity contribution in [3.63, 3.8) is 0 Å². The topological polar surface area (TPSA) is 66.5 Å². The number of rotatable bonds is 6. The van der Waals surface area contributed by atoms with Gasteiger partial charge in [-0.25, -0.2) is 8.42 Å². The van der Waals surface area contributed by atoms with Gasteiger partial charge in [-0.15, -0.1) is 0 Å². The van der Waals surface area contributed by atoms with Crippen molar-refractivity contribution < 1.29 is 13.2 Å². The van der Waals surface area contributed by atoms with Gasteiger partial charge in [-0.3, -0.25) is 4.79 Å². The van der Waals surface area contributed by atoms with E-state index in [9.17, 15) is 13.2 Å². The van der Waals surface area contributed by atoms with E-state index in [2.05, 4.69) is 36.5 Å². The van der Waals surface area contributed by atoms with Crippen LogP contribution in [0.3, 0.4) is 0 Å². The minimum atomic E-state index is -2.95. The Labute approximate surface area is 132 Å². The van der Waals surface area contributed by atoms with E-state index in [1.165, 1.54) is 11.1 Å². The van der Waals surface area contributed by atoms with E-state index >= 15 is 0 Å². The van der Waals surface area contributed by atoms with Gasteiger partial charge in [0.15, 0.2) is 9.84 Å². The van der Waals surface area contributed by atoms with Gasteiger partial charge in [-0.05, 0) is 18.9 Å². The van der Waals surface area contributed by atoms with Gasteiger partial charge in [0.2, 0.25) is 5.91 Å². The molecule has 1 atom stereocenters. The maximum Gasteiger partial charge on any atom is 0.223 e. The van der Waals surface area contributed by atoms with Crippen LogP contribution in [0.25, 0.3) is 0 Å². The summed E-state index contributed by atoms with van der Waals surface area (Å²) in [6.07, 6.45) is 0.945. The number of carbonyl (C=O) groups is 1. The Bertz CT molecular complexity index is 611. The highest BCUT2D eigenvalue weighted by Crippen LogP contribution is 2.17. The fraction of sp³-hybridized carbons (Fsp3) is 0.562. The highest BCUT2D eigenvalue weighted by Gasteiger charge is 2.32. The smallest absolute Gasteiger partial charge is 0.223 e. The van der Waals surface area contributed by atoms with E-state index in [1.807, 2.05) is 0 Å². The first kappa shape index (κ1) is 17.0. The fourth-order valence-corrected chi connectivity index (χ4v) is 4.37. The lowest BCUT2D eigenvalue weighted by molar-refractivity contribution is -0.131. The van der Waals surface area contributed by atoms with Gasteiger partial charge in [-0.2, -0.15) is 0 Å². The summed E-state index contributed by atoms with van der Waals surface area (Å²) in [5.41, 5.74) is 2.42. The average Bonchev–Trinajstić information content (AvgIpc) is 2.84. The second kappa shape index (κ2) is 7.24. The molecular weight excluding hydrogens is 300 g/mol. The lowest BCUT2D eigenvalue weighted by Gasteiger charge is -2.23. The molecule has 2 rings (SSSR count). The third-order valence-electron chi connectivity index (χ3n) is 4.11. The number of amides is 1. The average molecular weight is 324 g/mol. The van der Waals surface area contributed by atoms with E-state index < -0.39 is 9.84 Å². The second-order valence-corrected chi connectivity index (χ2v) is 8.20. The Hall–Kier alpha value is -1.40. The zero-order chi connectivity index (χ0) is 16.2. The molecule has 1 aliphatic rings. The molecule has 1 heterocycles. The van der Waals surface area contributed by atoms with E-state index in [1.54, 1.807) is 11.9 Å². The third-order valence-corrected chi connectivity index (χ3v) is 5.87. The Balaban J connectivity index is 1.70. The van der Waals surface area contributed by atoms with Gasteiger partial charge in [0.1, 0.15) is 0 Å². The largest absolute Gasteiger partial charge is 0.342 e. The molecule has 122 valence electrons. The lowest BCUT2D eigenvalue weighted by atomic mass is 10.1. The molecule has 1 aliphatic heterocycles. The van der Waals surface area contributed by atoms with Crippen molar-refractivity contribution in [1.29, 1.82) is 0 Å². The quantitative estimate of drug-likeness (QED) is 0.797. The minimum absolute atomic E-state index is 0.00138. The Kier molecular flexibility index (Phi) is 5.58. The zero-order valence-electron chi connectivity index (χ0n) is 13.2. The van der Waals surface area contributed by atoms with Crippen molar-refractivity contribution in [2.45, 2.75) is 32.4 Å². The summed E-state index contributed by atoms with van der Waals surface area (Å²) in [5.74, 6) is 0.297. The molecule has 1 N–H and O–H groups in total. The summed E-state index contributed by atoms with van der Waals surface area (Å²) in [7, 11) is -1.25.